The van der Waals surface area contributed by atoms with Gasteiger partial charge in [-0.1, -0.05) is 0 Å². The van der Waals surface area contributed by atoms with Crippen molar-refractivity contribution in [3.8, 4) is 0 Å². The average Bonchev–Trinajstić information content (AvgIpc) is 3.09. The van der Waals surface area contributed by atoms with E-state index >= 15 is 0 Å². The zero-order valence-electron chi connectivity index (χ0n) is 11.7. The van der Waals surface area contributed by atoms with Gasteiger partial charge in [-0.25, -0.2) is 9.59 Å². The fourth-order valence-electron chi connectivity index (χ4n) is 2.25. The largest absolute Gasteiger partial charge is 0.465 e. The summed E-state index contributed by atoms with van der Waals surface area (Å²) in [6, 6.07) is 0. The number of aromatic nitrogens is 1. The maximum Gasteiger partial charge on any atom is 0.340 e. The molecule has 116 valence electrons. The lowest BCUT2D eigenvalue weighted by Crippen LogP contribution is -2.24. The topological polar surface area (TPSA) is 107 Å². The van der Waals surface area contributed by atoms with Gasteiger partial charge in [0.2, 0.25) is 0 Å². The minimum atomic E-state index is -0.814. The van der Waals surface area contributed by atoms with Crippen LogP contribution in [0.4, 0.5) is 0 Å². The van der Waals surface area contributed by atoms with E-state index in [1.165, 1.54) is 31.2 Å². The highest BCUT2D eigenvalue weighted by Gasteiger charge is 2.35. The lowest BCUT2D eigenvalue weighted by molar-refractivity contribution is -0.0442. The van der Waals surface area contributed by atoms with E-state index < -0.39 is 30.4 Å². The van der Waals surface area contributed by atoms with Gasteiger partial charge in [-0.2, -0.15) is 0 Å². The third-order valence-electron chi connectivity index (χ3n) is 3.37. The van der Waals surface area contributed by atoms with Crippen LogP contribution in [-0.2, 0) is 14.2 Å². The van der Waals surface area contributed by atoms with Crippen molar-refractivity contribution in [3.05, 3.63) is 23.5 Å². The van der Waals surface area contributed by atoms with E-state index in [2.05, 4.69) is 9.47 Å². The quantitative estimate of drug-likeness (QED) is 0.735. The molecule has 0 spiro atoms. The number of nitrogens with zero attached hydrogens (tertiary/aromatic N) is 1. The average molecular weight is 299 g/mol. The molecule has 8 heteroatoms. The smallest absolute Gasteiger partial charge is 0.340 e. The van der Waals surface area contributed by atoms with Gasteiger partial charge in [-0.3, -0.25) is 0 Å². The monoisotopic (exact) mass is 299 g/mol. The summed E-state index contributed by atoms with van der Waals surface area (Å²) in [6.45, 7) is -0.313. The van der Waals surface area contributed by atoms with Gasteiger partial charge in [0.15, 0.2) is 0 Å². The predicted molar refractivity (Wildman–Crippen MR) is 68.7 cm³/mol. The summed E-state index contributed by atoms with van der Waals surface area (Å²) in [5.41, 5.74) is 0.102. The third-order valence-corrected chi connectivity index (χ3v) is 3.37. The summed E-state index contributed by atoms with van der Waals surface area (Å²) >= 11 is 0. The number of rotatable bonds is 4. The number of carbonyl (C=O) groups is 2. The summed E-state index contributed by atoms with van der Waals surface area (Å²) in [6.07, 6.45) is 0.941. The number of hydrogen-bond donors (Lipinski definition) is 2. The molecule has 1 aliphatic heterocycles. The van der Waals surface area contributed by atoms with E-state index in [1.807, 2.05) is 0 Å². The molecular formula is C13H17NO7. The first-order valence-electron chi connectivity index (χ1n) is 6.34. The Kier molecular flexibility index (Phi) is 4.61. The number of hydrogen-bond acceptors (Lipinski definition) is 7. The Balaban J connectivity index is 2.31. The van der Waals surface area contributed by atoms with Gasteiger partial charge in [0.1, 0.15) is 12.3 Å². The Bertz CT molecular complexity index is 505. The van der Waals surface area contributed by atoms with Crippen molar-refractivity contribution in [1.82, 2.24) is 4.57 Å². The van der Waals surface area contributed by atoms with Gasteiger partial charge < -0.3 is 29.0 Å². The molecule has 8 nitrogen and oxygen atoms in total. The lowest BCUT2D eigenvalue weighted by atomic mass is 10.2. The second-order valence-corrected chi connectivity index (χ2v) is 4.63. The Labute approximate surface area is 120 Å². The third kappa shape index (κ3) is 2.92. The van der Waals surface area contributed by atoms with Crippen LogP contribution >= 0.6 is 0 Å². The standard InChI is InChI=1S/C13H17NO7/c1-19-12(17)7-4-14(5-8(7)13(18)20-2)11-3-9(16)10(6-15)21-11/h4-5,9-11,15-16H,3,6H2,1-2H3/t9-,10+,11+/m0/s1. The maximum absolute atomic E-state index is 11.7. The van der Waals surface area contributed by atoms with Crippen LogP contribution in [0.15, 0.2) is 12.4 Å². The first-order chi connectivity index (χ1) is 10.0. The molecule has 0 amide bonds. The summed E-state index contributed by atoms with van der Waals surface area (Å²) in [4.78, 5) is 23.4. The van der Waals surface area contributed by atoms with Gasteiger partial charge in [0.05, 0.1) is 38.1 Å². The van der Waals surface area contributed by atoms with Gasteiger partial charge >= 0.3 is 11.9 Å². The molecule has 1 saturated heterocycles. The second-order valence-electron chi connectivity index (χ2n) is 4.63. The maximum atomic E-state index is 11.7. The molecule has 21 heavy (non-hydrogen) atoms. The van der Waals surface area contributed by atoms with E-state index in [9.17, 15) is 14.7 Å². The molecule has 0 aliphatic carbocycles. The first-order valence-corrected chi connectivity index (χ1v) is 6.34. The fourth-order valence-corrected chi connectivity index (χ4v) is 2.25. The Hall–Kier alpha value is -1.90. The molecule has 3 atom stereocenters. The van der Waals surface area contributed by atoms with E-state index in [-0.39, 0.29) is 24.2 Å². The van der Waals surface area contributed by atoms with Crippen molar-refractivity contribution in [3.63, 3.8) is 0 Å². The number of carbonyl (C=O) groups excluding carboxylic acids is 2. The summed E-state index contributed by atoms with van der Waals surface area (Å²) < 4.78 is 16.2. The molecule has 0 bridgehead atoms. The van der Waals surface area contributed by atoms with Crippen LogP contribution in [0.3, 0.4) is 0 Å². The van der Waals surface area contributed by atoms with Gasteiger partial charge in [-0.15, -0.1) is 0 Å². The number of methoxy groups -OCH3 is 2. The van der Waals surface area contributed by atoms with Gasteiger partial charge in [0, 0.05) is 18.8 Å². The Morgan fingerprint density at radius 1 is 1.29 bits per heavy atom. The summed E-state index contributed by atoms with van der Waals surface area (Å²) in [5, 5.41) is 18.8. The van der Waals surface area contributed by atoms with Crippen LogP contribution in [0.2, 0.25) is 0 Å². The number of esters is 2. The highest BCUT2D eigenvalue weighted by molar-refractivity contribution is 6.03. The van der Waals surface area contributed by atoms with Gasteiger partial charge in [0.25, 0.3) is 0 Å². The molecule has 1 aromatic rings. The van der Waals surface area contributed by atoms with Crippen molar-refractivity contribution in [2.45, 2.75) is 24.9 Å². The molecule has 2 rings (SSSR count). The highest BCUT2D eigenvalue weighted by Crippen LogP contribution is 2.30. The van der Waals surface area contributed by atoms with Crippen LogP contribution in [0, 0.1) is 0 Å². The van der Waals surface area contributed by atoms with Crippen molar-refractivity contribution in [1.29, 1.82) is 0 Å². The minimum absolute atomic E-state index is 0.0508. The Morgan fingerprint density at radius 3 is 2.19 bits per heavy atom. The zero-order chi connectivity index (χ0) is 15.6. The molecule has 1 aliphatic rings. The molecule has 0 aromatic carbocycles. The SMILES string of the molecule is COC(=O)c1cn([C@H]2C[C@H](O)[C@@H](CO)O2)cc1C(=O)OC. The van der Waals surface area contributed by atoms with Crippen LogP contribution < -0.4 is 0 Å². The zero-order valence-corrected chi connectivity index (χ0v) is 11.7. The van der Waals surface area contributed by atoms with E-state index in [0.29, 0.717) is 0 Å². The van der Waals surface area contributed by atoms with Crippen LogP contribution in [-0.4, -0.2) is 59.8 Å². The van der Waals surface area contributed by atoms with Crippen LogP contribution in [0.25, 0.3) is 0 Å². The van der Waals surface area contributed by atoms with Gasteiger partial charge in [-0.05, 0) is 0 Å². The lowest BCUT2D eigenvalue weighted by Gasteiger charge is -2.13. The number of ether oxygens (including phenoxy) is 3. The van der Waals surface area contributed by atoms with Crippen LogP contribution in [0.5, 0.6) is 0 Å². The summed E-state index contributed by atoms with van der Waals surface area (Å²) in [7, 11) is 2.41. The molecule has 2 heterocycles. The molecule has 1 fully saturated rings. The number of aliphatic hydroxyl groups is 2. The van der Waals surface area contributed by atoms with Crippen molar-refractivity contribution >= 4 is 11.9 Å². The van der Waals surface area contributed by atoms with Crippen molar-refractivity contribution < 1.29 is 34.0 Å². The Morgan fingerprint density at radius 2 is 1.81 bits per heavy atom. The fraction of sp³-hybridized carbons (Fsp3) is 0.538. The predicted octanol–water partition coefficient (Wildman–Crippen LogP) is -0.298. The van der Waals surface area contributed by atoms with E-state index in [4.69, 9.17) is 9.84 Å². The summed E-state index contributed by atoms with van der Waals surface area (Å²) in [5.74, 6) is -1.35. The molecular weight excluding hydrogens is 282 g/mol. The number of aliphatic hydroxyl groups excluding tert-OH is 2. The van der Waals surface area contributed by atoms with E-state index in [1.54, 1.807) is 0 Å². The normalized spacial score (nSPS) is 24.9. The second kappa shape index (κ2) is 6.25. The molecule has 1 aromatic heterocycles. The molecule has 0 saturated carbocycles. The molecule has 0 radical (unpaired) electrons. The highest BCUT2D eigenvalue weighted by atomic mass is 16.5. The van der Waals surface area contributed by atoms with E-state index in [0.717, 1.165) is 0 Å². The van der Waals surface area contributed by atoms with Crippen LogP contribution in [0.1, 0.15) is 33.4 Å². The molecule has 2 N–H and O–H groups in total. The molecule has 0 unspecified atom stereocenters. The van der Waals surface area contributed by atoms with Crippen molar-refractivity contribution in [2.24, 2.45) is 0 Å². The minimum Gasteiger partial charge on any atom is -0.465 e. The first kappa shape index (κ1) is 15.5. The van der Waals surface area contributed by atoms with Crippen molar-refractivity contribution in [2.75, 3.05) is 20.8 Å².